The largest absolute Gasteiger partial charge is 0.399 e. The summed E-state index contributed by atoms with van der Waals surface area (Å²) < 4.78 is 0. The molecule has 1 atom stereocenters. The fraction of sp³-hybridized carbons (Fsp3) is 0.400. The van der Waals surface area contributed by atoms with Gasteiger partial charge in [-0.05, 0) is 30.5 Å². The summed E-state index contributed by atoms with van der Waals surface area (Å²) in [5.74, 6) is 0. The molecule has 0 unspecified atom stereocenters. The minimum atomic E-state index is -0.0932. The van der Waals surface area contributed by atoms with Gasteiger partial charge < -0.3 is 16.6 Å². The van der Waals surface area contributed by atoms with Crippen molar-refractivity contribution in [3.63, 3.8) is 0 Å². The number of nitrogens with two attached hydrogens (primary N) is 2. The number of anilines is 1. The van der Waals surface area contributed by atoms with E-state index in [2.05, 4.69) is 0 Å². The molecule has 0 heterocycles. The number of aliphatic hydroxyl groups is 1. The lowest BCUT2D eigenvalue weighted by molar-refractivity contribution is 0.276. The summed E-state index contributed by atoms with van der Waals surface area (Å²) >= 11 is 0. The maximum atomic E-state index is 8.72. The minimum absolute atomic E-state index is 0.0932. The van der Waals surface area contributed by atoms with Gasteiger partial charge in [0.15, 0.2) is 0 Å². The number of hydrogen-bond acceptors (Lipinski definition) is 3. The zero-order chi connectivity index (χ0) is 9.84. The van der Waals surface area contributed by atoms with Gasteiger partial charge in [-0.3, -0.25) is 0 Å². The maximum Gasteiger partial charge on any atom is 0.0449 e. The second-order valence-corrected chi connectivity index (χ2v) is 3.23. The molecule has 1 aromatic carbocycles. The molecule has 0 saturated heterocycles. The quantitative estimate of drug-likeness (QED) is 0.607. The summed E-state index contributed by atoms with van der Waals surface area (Å²) in [6, 6.07) is 5.63. The lowest BCUT2D eigenvalue weighted by atomic mass is 10.0. The van der Waals surface area contributed by atoms with Crippen LogP contribution in [0.5, 0.6) is 0 Å². The van der Waals surface area contributed by atoms with Gasteiger partial charge in [0.25, 0.3) is 0 Å². The van der Waals surface area contributed by atoms with Crippen molar-refractivity contribution in [1.29, 1.82) is 0 Å². The molecule has 5 N–H and O–H groups in total. The van der Waals surface area contributed by atoms with Crippen molar-refractivity contribution in [2.45, 2.75) is 19.4 Å². The molecule has 0 spiro atoms. The number of aliphatic hydroxyl groups excluding tert-OH is 1. The zero-order valence-electron chi connectivity index (χ0n) is 7.83. The van der Waals surface area contributed by atoms with Crippen LogP contribution in [-0.2, 0) is 0 Å². The average molecular weight is 180 g/mol. The number of benzene rings is 1. The second kappa shape index (κ2) is 4.25. The monoisotopic (exact) mass is 180 g/mol. The Labute approximate surface area is 78.4 Å². The Morgan fingerprint density at radius 1 is 1.46 bits per heavy atom. The third kappa shape index (κ3) is 2.44. The Balaban J connectivity index is 2.84. The van der Waals surface area contributed by atoms with Crippen LogP contribution in [0, 0.1) is 6.92 Å². The molecule has 3 heteroatoms. The summed E-state index contributed by atoms with van der Waals surface area (Å²) in [6.07, 6.45) is 0.587. The van der Waals surface area contributed by atoms with Crippen molar-refractivity contribution < 1.29 is 5.11 Å². The predicted octanol–water partition coefficient (Wildman–Crippen LogP) is 0.959. The third-order valence-corrected chi connectivity index (χ3v) is 2.16. The van der Waals surface area contributed by atoms with Crippen LogP contribution in [0.25, 0.3) is 0 Å². The molecule has 72 valence electrons. The van der Waals surface area contributed by atoms with Gasteiger partial charge in [-0.15, -0.1) is 0 Å². The van der Waals surface area contributed by atoms with E-state index in [1.54, 1.807) is 0 Å². The highest BCUT2D eigenvalue weighted by molar-refractivity contribution is 5.48. The molecule has 13 heavy (non-hydrogen) atoms. The van der Waals surface area contributed by atoms with Crippen molar-refractivity contribution in [2.75, 3.05) is 12.3 Å². The van der Waals surface area contributed by atoms with Crippen LogP contribution in [0.2, 0.25) is 0 Å². The van der Waals surface area contributed by atoms with Gasteiger partial charge in [0.1, 0.15) is 0 Å². The van der Waals surface area contributed by atoms with E-state index in [4.69, 9.17) is 16.6 Å². The summed E-state index contributed by atoms with van der Waals surface area (Å²) in [4.78, 5) is 0. The van der Waals surface area contributed by atoms with E-state index in [0.717, 1.165) is 16.8 Å². The van der Waals surface area contributed by atoms with E-state index in [1.165, 1.54) is 0 Å². The van der Waals surface area contributed by atoms with E-state index in [0.29, 0.717) is 6.42 Å². The Kier molecular flexibility index (Phi) is 3.28. The van der Waals surface area contributed by atoms with Crippen LogP contribution in [-0.4, -0.2) is 11.7 Å². The Bertz CT molecular complexity index is 286. The molecule has 0 aliphatic rings. The molecule has 1 aromatic rings. The molecule has 1 rings (SSSR count). The van der Waals surface area contributed by atoms with Gasteiger partial charge in [-0.2, -0.15) is 0 Å². The van der Waals surface area contributed by atoms with Crippen LogP contribution < -0.4 is 11.5 Å². The summed E-state index contributed by atoms with van der Waals surface area (Å²) in [5, 5.41) is 8.72. The fourth-order valence-electron chi connectivity index (χ4n) is 1.24. The number of rotatable bonds is 3. The van der Waals surface area contributed by atoms with E-state index >= 15 is 0 Å². The first-order valence-corrected chi connectivity index (χ1v) is 4.37. The Morgan fingerprint density at radius 2 is 2.15 bits per heavy atom. The lowest BCUT2D eigenvalue weighted by Crippen LogP contribution is -2.12. The first kappa shape index (κ1) is 10.0. The number of nitrogen functional groups attached to an aromatic ring is 1. The summed E-state index contributed by atoms with van der Waals surface area (Å²) in [7, 11) is 0. The van der Waals surface area contributed by atoms with Crippen molar-refractivity contribution in [2.24, 2.45) is 5.73 Å². The molecule has 3 nitrogen and oxygen atoms in total. The van der Waals surface area contributed by atoms with Crippen LogP contribution in [0.15, 0.2) is 18.2 Å². The first-order valence-electron chi connectivity index (χ1n) is 4.37. The van der Waals surface area contributed by atoms with Crippen LogP contribution in [0.3, 0.4) is 0 Å². The smallest absolute Gasteiger partial charge is 0.0449 e. The number of aryl methyl sites for hydroxylation is 1. The normalized spacial score (nSPS) is 12.8. The fourth-order valence-corrected chi connectivity index (χ4v) is 1.24. The van der Waals surface area contributed by atoms with Gasteiger partial charge in [0, 0.05) is 18.3 Å². The SMILES string of the molecule is Cc1cc([C@H](N)CCO)ccc1N. The molecule has 0 radical (unpaired) electrons. The predicted molar refractivity (Wildman–Crippen MR) is 54.2 cm³/mol. The molecule has 0 aliphatic carbocycles. The Hall–Kier alpha value is -1.06. The molecule has 0 aliphatic heterocycles. The molecule has 0 bridgehead atoms. The van der Waals surface area contributed by atoms with Crippen LogP contribution in [0.4, 0.5) is 5.69 Å². The highest BCUT2D eigenvalue weighted by atomic mass is 16.3. The number of hydrogen-bond donors (Lipinski definition) is 3. The third-order valence-electron chi connectivity index (χ3n) is 2.16. The molecular formula is C10H16N2O. The van der Waals surface area contributed by atoms with Gasteiger partial charge in [0.05, 0.1) is 0 Å². The Morgan fingerprint density at radius 3 is 2.69 bits per heavy atom. The first-order chi connectivity index (χ1) is 6.15. The standard InChI is InChI=1S/C10H16N2O/c1-7-6-8(2-3-9(7)11)10(12)4-5-13/h2-3,6,10,13H,4-5,11-12H2,1H3/t10-/m1/s1. The molecule has 0 amide bonds. The van der Waals surface area contributed by atoms with Crippen molar-refractivity contribution in [3.05, 3.63) is 29.3 Å². The van der Waals surface area contributed by atoms with Gasteiger partial charge in [0.2, 0.25) is 0 Å². The zero-order valence-corrected chi connectivity index (χ0v) is 7.83. The topological polar surface area (TPSA) is 72.3 Å². The summed E-state index contributed by atoms with van der Waals surface area (Å²) in [6.45, 7) is 2.06. The van der Waals surface area contributed by atoms with Crippen molar-refractivity contribution >= 4 is 5.69 Å². The van der Waals surface area contributed by atoms with Crippen molar-refractivity contribution in [3.8, 4) is 0 Å². The molecular weight excluding hydrogens is 164 g/mol. The molecule has 0 fully saturated rings. The van der Waals surface area contributed by atoms with Gasteiger partial charge >= 0.3 is 0 Å². The van der Waals surface area contributed by atoms with E-state index in [-0.39, 0.29) is 12.6 Å². The average Bonchev–Trinajstić information content (AvgIpc) is 2.10. The van der Waals surface area contributed by atoms with Crippen LogP contribution >= 0.6 is 0 Å². The highest BCUT2D eigenvalue weighted by Gasteiger charge is 2.05. The second-order valence-electron chi connectivity index (χ2n) is 3.23. The lowest BCUT2D eigenvalue weighted by Gasteiger charge is -2.11. The van der Waals surface area contributed by atoms with Gasteiger partial charge in [-0.25, -0.2) is 0 Å². The van der Waals surface area contributed by atoms with Crippen molar-refractivity contribution in [1.82, 2.24) is 0 Å². The highest BCUT2D eigenvalue weighted by Crippen LogP contribution is 2.18. The molecule has 0 saturated carbocycles. The van der Waals surface area contributed by atoms with E-state index < -0.39 is 0 Å². The maximum absolute atomic E-state index is 8.72. The van der Waals surface area contributed by atoms with Crippen LogP contribution in [0.1, 0.15) is 23.6 Å². The van der Waals surface area contributed by atoms with E-state index in [9.17, 15) is 0 Å². The summed E-state index contributed by atoms with van der Waals surface area (Å²) in [5.41, 5.74) is 14.3. The van der Waals surface area contributed by atoms with E-state index in [1.807, 2.05) is 25.1 Å². The van der Waals surface area contributed by atoms with Gasteiger partial charge in [-0.1, -0.05) is 12.1 Å². The minimum Gasteiger partial charge on any atom is -0.399 e. The molecule has 0 aromatic heterocycles.